The quantitative estimate of drug-likeness (QED) is 0.923. The molecule has 1 fully saturated rings. The zero-order chi connectivity index (χ0) is 13.9. The number of ether oxygens (including phenoxy) is 1. The fourth-order valence-electron chi connectivity index (χ4n) is 2.85. The number of rotatable bonds is 4. The molecule has 0 saturated carbocycles. The molecule has 1 saturated heterocycles. The van der Waals surface area contributed by atoms with Gasteiger partial charge in [-0.05, 0) is 50.1 Å². The summed E-state index contributed by atoms with van der Waals surface area (Å²) in [6, 6.07) is 6.57. The first kappa shape index (κ1) is 13.6. The minimum absolute atomic E-state index is 0.0377. The third-order valence-corrected chi connectivity index (χ3v) is 3.81. The van der Waals surface area contributed by atoms with Crippen LogP contribution in [0.5, 0.6) is 0 Å². The molecule has 20 heavy (non-hydrogen) atoms. The molecule has 2 atom stereocenters. The van der Waals surface area contributed by atoms with E-state index in [1.54, 1.807) is 6.07 Å². The second-order valence-corrected chi connectivity index (χ2v) is 5.27. The highest BCUT2D eigenvalue weighted by Gasteiger charge is 2.28. The summed E-state index contributed by atoms with van der Waals surface area (Å²) in [6.45, 7) is 3.72. The van der Waals surface area contributed by atoms with Gasteiger partial charge in [0.2, 0.25) is 0 Å². The molecular weight excluding hydrogens is 257 g/mol. The number of fused-ring (bicyclic) bond motifs is 1. The fourth-order valence-corrected chi connectivity index (χ4v) is 2.85. The van der Waals surface area contributed by atoms with E-state index in [0.717, 1.165) is 42.7 Å². The van der Waals surface area contributed by atoms with Crippen LogP contribution in [-0.2, 0) is 4.74 Å². The lowest BCUT2D eigenvalue weighted by Gasteiger charge is -2.29. The number of hydrogen-bond acceptors (Lipinski definition) is 3. The predicted molar refractivity (Wildman–Crippen MR) is 76.2 cm³/mol. The summed E-state index contributed by atoms with van der Waals surface area (Å²) < 4.78 is 25.0. The molecule has 0 aliphatic carbocycles. The van der Waals surface area contributed by atoms with E-state index in [2.05, 4.69) is 12.2 Å². The molecule has 2 unspecified atom stereocenters. The molecule has 0 radical (unpaired) electrons. The van der Waals surface area contributed by atoms with Crippen LogP contribution in [0.15, 0.2) is 28.7 Å². The standard InChI is InChI=1S/C16H20FNO2/c1-2-18-16(14-5-3-4-8-19-14)15-10-11-9-12(17)6-7-13(11)20-15/h6-7,9-10,14,16,18H,2-5,8H2,1H3. The van der Waals surface area contributed by atoms with Crippen LogP contribution >= 0.6 is 0 Å². The van der Waals surface area contributed by atoms with Crippen molar-refractivity contribution in [1.82, 2.24) is 5.32 Å². The van der Waals surface area contributed by atoms with E-state index in [9.17, 15) is 4.39 Å². The first-order valence-electron chi connectivity index (χ1n) is 7.32. The highest BCUT2D eigenvalue weighted by atomic mass is 19.1. The molecule has 1 aromatic heterocycles. The minimum Gasteiger partial charge on any atom is -0.459 e. The van der Waals surface area contributed by atoms with Gasteiger partial charge >= 0.3 is 0 Å². The van der Waals surface area contributed by atoms with Crippen molar-refractivity contribution in [3.63, 3.8) is 0 Å². The Morgan fingerprint density at radius 2 is 2.25 bits per heavy atom. The first-order valence-corrected chi connectivity index (χ1v) is 7.32. The summed E-state index contributed by atoms with van der Waals surface area (Å²) in [5, 5.41) is 4.24. The van der Waals surface area contributed by atoms with E-state index in [-0.39, 0.29) is 18.0 Å². The molecule has 3 nitrogen and oxygen atoms in total. The largest absolute Gasteiger partial charge is 0.459 e. The van der Waals surface area contributed by atoms with Gasteiger partial charge in [-0.3, -0.25) is 0 Å². The number of furan rings is 1. The van der Waals surface area contributed by atoms with E-state index in [1.807, 2.05) is 6.07 Å². The third-order valence-electron chi connectivity index (χ3n) is 3.81. The molecule has 2 heterocycles. The average Bonchev–Trinajstić information content (AvgIpc) is 2.88. The van der Waals surface area contributed by atoms with E-state index in [4.69, 9.17) is 9.15 Å². The van der Waals surface area contributed by atoms with Crippen LogP contribution in [0.4, 0.5) is 4.39 Å². The lowest BCUT2D eigenvalue weighted by atomic mass is 10.00. The van der Waals surface area contributed by atoms with Crippen molar-refractivity contribution in [1.29, 1.82) is 0 Å². The van der Waals surface area contributed by atoms with E-state index >= 15 is 0 Å². The number of likely N-dealkylation sites (N-methyl/N-ethyl adjacent to an activating group) is 1. The average molecular weight is 277 g/mol. The molecule has 0 bridgehead atoms. The maximum Gasteiger partial charge on any atom is 0.134 e. The SMILES string of the molecule is CCNC(c1cc2cc(F)ccc2o1)C1CCCCO1. The van der Waals surface area contributed by atoms with Crippen molar-refractivity contribution in [3.05, 3.63) is 35.8 Å². The van der Waals surface area contributed by atoms with Gasteiger partial charge in [0.25, 0.3) is 0 Å². The second-order valence-electron chi connectivity index (χ2n) is 5.27. The van der Waals surface area contributed by atoms with Crippen LogP contribution < -0.4 is 5.32 Å². The van der Waals surface area contributed by atoms with Gasteiger partial charge in [0, 0.05) is 12.0 Å². The van der Waals surface area contributed by atoms with Crippen LogP contribution in [0.3, 0.4) is 0 Å². The van der Waals surface area contributed by atoms with Crippen molar-refractivity contribution in [2.75, 3.05) is 13.2 Å². The summed E-state index contributed by atoms with van der Waals surface area (Å²) in [5.41, 5.74) is 0.722. The second kappa shape index (κ2) is 5.94. The summed E-state index contributed by atoms with van der Waals surface area (Å²) in [4.78, 5) is 0. The van der Waals surface area contributed by atoms with Crippen molar-refractivity contribution >= 4 is 11.0 Å². The zero-order valence-electron chi connectivity index (χ0n) is 11.7. The molecule has 2 aromatic rings. The Morgan fingerprint density at radius 3 is 3.00 bits per heavy atom. The highest BCUT2D eigenvalue weighted by Crippen LogP contribution is 2.30. The lowest BCUT2D eigenvalue weighted by Crippen LogP contribution is -2.35. The van der Waals surface area contributed by atoms with Gasteiger partial charge in [0.05, 0.1) is 12.1 Å². The Hall–Kier alpha value is -1.39. The van der Waals surface area contributed by atoms with Gasteiger partial charge in [-0.2, -0.15) is 0 Å². The molecular formula is C16H20FNO2. The molecule has 3 rings (SSSR count). The van der Waals surface area contributed by atoms with Crippen LogP contribution in [-0.4, -0.2) is 19.3 Å². The lowest BCUT2D eigenvalue weighted by molar-refractivity contribution is -0.0119. The zero-order valence-corrected chi connectivity index (χ0v) is 11.7. The van der Waals surface area contributed by atoms with Gasteiger partial charge in [0.15, 0.2) is 0 Å². The Kier molecular flexibility index (Phi) is 4.03. The van der Waals surface area contributed by atoms with Crippen LogP contribution in [0.2, 0.25) is 0 Å². The van der Waals surface area contributed by atoms with E-state index < -0.39 is 0 Å². The summed E-state index contributed by atoms with van der Waals surface area (Å²) in [6.07, 6.45) is 3.47. The first-order chi connectivity index (χ1) is 9.78. The van der Waals surface area contributed by atoms with Gasteiger partial charge in [-0.25, -0.2) is 4.39 Å². The van der Waals surface area contributed by atoms with Gasteiger partial charge in [-0.15, -0.1) is 0 Å². The molecule has 1 aliphatic heterocycles. The normalized spacial score (nSPS) is 21.2. The molecule has 1 aliphatic rings. The highest BCUT2D eigenvalue weighted by molar-refractivity contribution is 5.78. The molecule has 4 heteroatoms. The monoisotopic (exact) mass is 277 g/mol. The molecule has 0 amide bonds. The molecule has 108 valence electrons. The number of halogens is 1. The molecule has 0 spiro atoms. The Labute approximate surface area is 118 Å². The summed E-state index contributed by atoms with van der Waals surface area (Å²) in [5.74, 6) is 0.595. The Balaban J connectivity index is 1.91. The predicted octanol–water partition coefficient (Wildman–Crippen LogP) is 3.79. The van der Waals surface area contributed by atoms with Crippen molar-refractivity contribution in [2.24, 2.45) is 0 Å². The van der Waals surface area contributed by atoms with Crippen molar-refractivity contribution in [2.45, 2.75) is 38.3 Å². The van der Waals surface area contributed by atoms with Crippen LogP contribution in [0, 0.1) is 5.82 Å². The van der Waals surface area contributed by atoms with Crippen LogP contribution in [0.25, 0.3) is 11.0 Å². The van der Waals surface area contributed by atoms with Gasteiger partial charge < -0.3 is 14.5 Å². The summed E-state index contributed by atoms with van der Waals surface area (Å²) in [7, 11) is 0. The number of hydrogen-bond donors (Lipinski definition) is 1. The third kappa shape index (κ3) is 2.72. The number of nitrogens with one attached hydrogen (secondary N) is 1. The Morgan fingerprint density at radius 1 is 1.35 bits per heavy atom. The van der Waals surface area contributed by atoms with E-state index in [1.165, 1.54) is 18.6 Å². The van der Waals surface area contributed by atoms with E-state index in [0.29, 0.717) is 0 Å². The maximum atomic E-state index is 13.3. The molecule has 1 N–H and O–H groups in total. The smallest absolute Gasteiger partial charge is 0.134 e. The van der Waals surface area contributed by atoms with Crippen molar-refractivity contribution in [3.8, 4) is 0 Å². The van der Waals surface area contributed by atoms with Crippen molar-refractivity contribution < 1.29 is 13.5 Å². The number of benzene rings is 1. The fraction of sp³-hybridized carbons (Fsp3) is 0.500. The molecule has 1 aromatic carbocycles. The van der Waals surface area contributed by atoms with Gasteiger partial charge in [-0.1, -0.05) is 6.92 Å². The van der Waals surface area contributed by atoms with Gasteiger partial charge in [0.1, 0.15) is 17.2 Å². The minimum atomic E-state index is -0.237. The Bertz CT molecular complexity index is 575. The maximum absolute atomic E-state index is 13.3. The van der Waals surface area contributed by atoms with Crippen LogP contribution in [0.1, 0.15) is 38.0 Å². The summed E-state index contributed by atoms with van der Waals surface area (Å²) >= 11 is 0. The topological polar surface area (TPSA) is 34.4 Å².